The molecule has 168 valence electrons. The molecule has 33 heavy (non-hydrogen) atoms. The van der Waals surface area contributed by atoms with Gasteiger partial charge >= 0.3 is 6.61 Å². The van der Waals surface area contributed by atoms with Crippen LogP contribution in [0.25, 0.3) is 22.3 Å². The molecule has 5 nitrogen and oxygen atoms in total. The summed E-state index contributed by atoms with van der Waals surface area (Å²) in [6.45, 7) is -2.99. The van der Waals surface area contributed by atoms with Crippen molar-refractivity contribution in [1.29, 1.82) is 0 Å². The summed E-state index contributed by atoms with van der Waals surface area (Å²) in [4.78, 5) is 0. The number of halogens is 2. The van der Waals surface area contributed by atoms with Crippen LogP contribution in [-0.2, 0) is 10.0 Å². The maximum atomic E-state index is 13.1. The van der Waals surface area contributed by atoms with E-state index in [9.17, 15) is 17.2 Å². The van der Waals surface area contributed by atoms with Crippen LogP contribution in [0.5, 0.6) is 11.5 Å². The summed E-state index contributed by atoms with van der Waals surface area (Å²) in [6, 6.07) is 21.2. The van der Waals surface area contributed by atoms with Gasteiger partial charge in [0.2, 0.25) is 10.0 Å². The number of thiophene rings is 1. The Labute approximate surface area is 193 Å². The minimum absolute atomic E-state index is 0.00349. The second-order valence-corrected chi connectivity index (χ2v) is 10.1. The zero-order valence-electron chi connectivity index (χ0n) is 16.9. The summed E-state index contributed by atoms with van der Waals surface area (Å²) >= 11 is 1.04. The molecule has 0 aliphatic carbocycles. The van der Waals surface area contributed by atoms with E-state index in [0.29, 0.717) is 33.6 Å². The van der Waals surface area contributed by atoms with Gasteiger partial charge in [-0.05, 0) is 46.3 Å². The van der Waals surface area contributed by atoms with Crippen molar-refractivity contribution in [2.45, 2.75) is 16.9 Å². The van der Waals surface area contributed by atoms with Crippen LogP contribution >= 0.6 is 11.3 Å². The molecule has 0 bridgehead atoms. The third kappa shape index (κ3) is 3.99. The number of sulfonamides is 1. The van der Waals surface area contributed by atoms with Crippen molar-refractivity contribution in [1.82, 2.24) is 0 Å². The minimum atomic E-state index is -3.91. The fraction of sp³-hybridized carbons (Fsp3) is 0.0833. The van der Waals surface area contributed by atoms with Crippen LogP contribution in [0.2, 0.25) is 0 Å². The van der Waals surface area contributed by atoms with Crippen LogP contribution in [0.4, 0.5) is 8.78 Å². The van der Waals surface area contributed by atoms with Gasteiger partial charge in [-0.15, -0.1) is 11.3 Å². The molecule has 1 aliphatic rings. The molecule has 0 spiro atoms. The summed E-state index contributed by atoms with van der Waals surface area (Å²) in [7, 11) is -3.91. The normalized spacial score (nSPS) is 15.0. The van der Waals surface area contributed by atoms with E-state index in [2.05, 4.69) is 0 Å². The maximum absolute atomic E-state index is 13.1. The summed E-state index contributed by atoms with van der Waals surface area (Å²) in [5, 5.41) is 7.05. The number of rotatable bonds is 5. The Bertz CT molecular complexity index is 1440. The maximum Gasteiger partial charge on any atom is 0.387 e. The average molecular weight is 486 g/mol. The number of alkyl halides is 2. The van der Waals surface area contributed by atoms with Crippen LogP contribution in [-0.4, -0.2) is 15.0 Å². The van der Waals surface area contributed by atoms with Gasteiger partial charge in [0.1, 0.15) is 21.8 Å². The Morgan fingerprint density at radius 1 is 0.970 bits per heavy atom. The van der Waals surface area contributed by atoms with Gasteiger partial charge in [0, 0.05) is 11.1 Å². The molecule has 3 aromatic carbocycles. The second kappa shape index (κ2) is 8.26. The van der Waals surface area contributed by atoms with Gasteiger partial charge < -0.3 is 9.47 Å². The first-order valence-electron chi connectivity index (χ1n) is 9.87. The molecule has 0 radical (unpaired) electrons. The molecule has 0 saturated heterocycles. The van der Waals surface area contributed by atoms with Gasteiger partial charge in [-0.1, -0.05) is 48.5 Å². The van der Waals surface area contributed by atoms with Crippen molar-refractivity contribution in [2.75, 3.05) is 0 Å². The first-order chi connectivity index (χ1) is 15.8. The van der Waals surface area contributed by atoms with Crippen molar-refractivity contribution >= 4 is 21.4 Å². The lowest BCUT2D eigenvalue weighted by Gasteiger charge is -2.30. The topological polar surface area (TPSA) is 78.6 Å². The van der Waals surface area contributed by atoms with E-state index in [4.69, 9.17) is 14.6 Å². The monoisotopic (exact) mass is 485 g/mol. The van der Waals surface area contributed by atoms with Crippen LogP contribution in [0.3, 0.4) is 0 Å². The van der Waals surface area contributed by atoms with Crippen LogP contribution < -0.4 is 14.6 Å². The molecule has 1 aromatic heterocycles. The van der Waals surface area contributed by atoms with Gasteiger partial charge in [0.25, 0.3) is 0 Å². The standard InChI is InChI=1S/C24H17F2NO4S2/c25-24(26)31-20-8-4-7-19-21(20)17-10-9-15(16-11-12-32-23(16)33(27,28)29)13-18(17)22(30-19)14-5-2-1-3-6-14/h1-13,22,24H,(H2,27,28,29). The highest BCUT2D eigenvalue weighted by Gasteiger charge is 2.31. The molecule has 0 saturated carbocycles. The molecular formula is C24H17F2NO4S2. The lowest BCUT2D eigenvalue weighted by Crippen LogP contribution is -2.17. The van der Waals surface area contributed by atoms with Crippen LogP contribution in [0.1, 0.15) is 17.2 Å². The molecule has 1 unspecified atom stereocenters. The van der Waals surface area contributed by atoms with Crippen LogP contribution in [0.15, 0.2) is 82.4 Å². The lowest BCUT2D eigenvalue weighted by molar-refractivity contribution is -0.0496. The van der Waals surface area contributed by atoms with E-state index < -0.39 is 22.7 Å². The number of hydrogen-bond donors (Lipinski definition) is 1. The Hall–Kier alpha value is -3.27. The van der Waals surface area contributed by atoms with E-state index >= 15 is 0 Å². The molecule has 9 heteroatoms. The number of fused-ring (bicyclic) bond motifs is 3. The van der Waals surface area contributed by atoms with Crippen molar-refractivity contribution in [3.05, 3.63) is 89.3 Å². The third-order valence-corrected chi connectivity index (χ3v) is 7.78. The Morgan fingerprint density at radius 2 is 1.76 bits per heavy atom. The lowest BCUT2D eigenvalue weighted by atomic mass is 9.87. The third-order valence-electron chi connectivity index (χ3n) is 5.35. The molecule has 2 heterocycles. The summed E-state index contributed by atoms with van der Waals surface area (Å²) < 4.78 is 61.4. The molecular weight excluding hydrogens is 468 g/mol. The summed E-state index contributed by atoms with van der Waals surface area (Å²) in [5.41, 5.74) is 3.74. The molecule has 1 aliphatic heterocycles. The summed E-state index contributed by atoms with van der Waals surface area (Å²) in [6.07, 6.45) is -0.535. The smallest absolute Gasteiger partial charge is 0.387 e. The molecule has 0 fully saturated rings. The van der Waals surface area contributed by atoms with Gasteiger partial charge in [0.15, 0.2) is 0 Å². The number of primary sulfonamides is 1. The molecule has 1 atom stereocenters. The Morgan fingerprint density at radius 3 is 2.48 bits per heavy atom. The molecule has 5 rings (SSSR count). The minimum Gasteiger partial charge on any atom is -0.480 e. The van der Waals surface area contributed by atoms with Crippen molar-refractivity contribution in [2.24, 2.45) is 5.14 Å². The number of ether oxygens (including phenoxy) is 2. The largest absolute Gasteiger partial charge is 0.480 e. The van der Waals surface area contributed by atoms with Gasteiger partial charge in [-0.2, -0.15) is 8.78 Å². The predicted molar refractivity (Wildman–Crippen MR) is 122 cm³/mol. The fourth-order valence-electron chi connectivity index (χ4n) is 4.04. The Kier molecular flexibility index (Phi) is 5.40. The zero-order chi connectivity index (χ0) is 23.2. The predicted octanol–water partition coefficient (Wildman–Crippen LogP) is 5.81. The number of hydrogen-bond acceptors (Lipinski definition) is 5. The highest BCUT2D eigenvalue weighted by atomic mass is 32.2. The van der Waals surface area contributed by atoms with Crippen LogP contribution in [0, 0.1) is 0 Å². The fourth-order valence-corrected chi connectivity index (χ4v) is 5.88. The van der Waals surface area contributed by atoms with Gasteiger partial charge in [0.05, 0.1) is 5.56 Å². The van der Waals surface area contributed by atoms with Gasteiger partial charge in [-0.3, -0.25) is 0 Å². The van der Waals surface area contributed by atoms with Gasteiger partial charge in [-0.25, -0.2) is 13.6 Å². The van der Waals surface area contributed by atoms with E-state index in [1.54, 1.807) is 35.7 Å². The van der Waals surface area contributed by atoms with E-state index in [1.165, 1.54) is 6.07 Å². The first kappa shape index (κ1) is 21.6. The van der Waals surface area contributed by atoms with Crippen molar-refractivity contribution in [3.63, 3.8) is 0 Å². The van der Waals surface area contributed by atoms with E-state index in [0.717, 1.165) is 16.9 Å². The van der Waals surface area contributed by atoms with Crippen molar-refractivity contribution in [3.8, 4) is 33.8 Å². The highest BCUT2D eigenvalue weighted by molar-refractivity contribution is 7.91. The zero-order valence-corrected chi connectivity index (χ0v) is 18.6. The van der Waals surface area contributed by atoms with Crippen molar-refractivity contribution < 1.29 is 26.7 Å². The molecule has 4 aromatic rings. The molecule has 0 amide bonds. The summed E-state index contributed by atoms with van der Waals surface area (Å²) in [5.74, 6) is 0.423. The first-order valence-corrected chi connectivity index (χ1v) is 12.3. The quantitative estimate of drug-likeness (QED) is 0.387. The Balaban J connectivity index is 1.74. The second-order valence-electron chi connectivity index (χ2n) is 7.39. The van der Waals surface area contributed by atoms with E-state index in [-0.39, 0.29) is 9.96 Å². The molecule has 2 N–H and O–H groups in total. The highest BCUT2D eigenvalue weighted by Crippen LogP contribution is 2.50. The average Bonchev–Trinajstić information content (AvgIpc) is 3.29. The SMILES string of the molecule is NS(=O)(=O)c1sccc1-c1ccc2c(c1)C(c1ccccc1)Oc1cccc(OC(F)F)c1-2. The van der Waals surface area contributed by atoms with E-state index in [1.807, 2.05) is 36.4 Å². The number of nitrogens with two attached hydrogens (primary N) is 1. The number of benzene rings is 3.